The number of nitrogens with one attached hydrogen (secondary N) is 1. The Morgan fingerprint density at radius 3 is 2.49 bits per heavy atom. The van der Waals surface area contributed by atoms with Crippen molar-refractivity contribution in [3.63, 3.8) is 0 Å². The molecule has 12 heteroatoms. The number of carbonyl (C=O) groups excluding carboxylic acids is 1. The van der Waals surface area contributed by atoms with Gasteiger partial charge >= 0.3 is 0 Å². The average molecular weight is 694 g/mol. The minimum Gasteiger partial charge on any atom is -0.496 e. The lowest BCUT2D eigenvalue weighted by atomic mass is 9.95. The molecule has 0 fully saturated rings. The van der Waals surface area contributed by atoms with Gasteiger partial charge in [-0.2, -0.15) is 5.26 Å². The molecule has 0 saturated carbocycles. The van der Waals surface area contributed by atoms with Gasteiger partial charge in [-0.05, 0) is 66.9 Å². The zero-order chi connectivity index (χ0) is 34.7. The van der Waals surface area contributed by atoms with Gasteiger partial charge in [0.05, 0.1) is 34.5 Å². The number of aryl methyl sites for hydroxylation is 1. The number of hydrogen-bond acceptors (Lipinski definition) is 8. The largest absolute Gasteiger partial charge is 0.496 e. The highest BCUT2D eigenvalue weighted by Gasteiger charge is 2.32. The summed E-state index contributed by atoms with van der Waals surface area (Å²) in [5.74, 6) is 0.476. The van der Waals surface area contributed by atoms with E-state index < -0.39 is 12.5 Å². The quantitative estimate of drug-likeness (QED) is 0.173. The first kappa shape index (κ1) is 33.5. The van der Waals surface area contributed by atoms with Gasteiger partial charge in [-0.3, -0.25) is 14.2 Å². The average Bonchev–Trinajstić information content (AvgIpc) is 3.40. The molecule has 5 aromatic rings. The number of pyridine rings is 1. The van der Waals surface area contributed by atoms with E-state index in [-0.39, 0.29) is 33.5 Å². The van der Waals surface area contributed by atoms with Gasteiger partial charge in [-0.15, -0.1) is 11.8 Å². The van der Waals surface area contributed by atoms with Gasteiger partial charge < -0.3 is 10.1 Å². The molecule has 1 atom stereocenters. The summed E-state index contributed by atoms with van der Waals surface area (Å²) in [4.78, 5) is 37.1. The number of methoxy groups -OCH3 is 1. The Morgan fingerprint density at radius 1 is 1.10 bits per heavy atom. The Balaban J connectivity index is 1.38. The Kier molecular flexibility index (Phi) is 9.85. The molecular formula is C37H29F2N5O3S2. The number of para-hydroxylation sites is 1. The van der Waals surface area contributed by atoms with Crippen LogP contribution in [0.4, 0.5) is 14.5 Å². The maximum atomic E-state index is 14.1. The number of nitriles is 1. The van der Waals surface area contributed by atoms with Crippen molar-refractivity contribution in [2.24, 2.45) is 4.99 Å². The van der Waals surface area contributed by atoms with Crippen LogP contribution in [0, 0.1) is 18.3 Å². The van der Waals surface area contributed by atoms with Crippen LogP contribution in [0.25, 0.3) is 6.08 Å². The summed E-state index contributed by atoms with van der Waals surface area (Å²) in [6.07, 6.45) is -1.01. The highest BCUT2D eigenvalue weighted by molar-refractivity contribution is 7.98. The lowest BCUT2D eigenvalue weighted by Crippen LogP contribution is -2.40. The number of ether oxygens (including phenoxy) is 1. The summed E-state index contributed by atoms with van der Waals surface area (Å²) in [7, 11) is 1.53. The minimum atomic E-state index is -2.77. The van der Waals surface area contributed by atoms with Crippen molar-refractivity contribution in [1.82, 2.24) is 9.55 Å². The third kappa shape index (κ3) is 6.95. The molecule has 246 valence electrons. The van der Waals surface area contributed by atoms with E-state index in [1.54, 1.807) is 42.7 Å². The van der Waals surface area contributed by atoms with E-state index in [0.29, 0.717) is 43.2 Å². The topological polar surface area (TPSA) is 109 Å². The first-order chi connectivity index (χ1) is 23.7. The number of benzene rings is 3. The molecule has 3 heterocycles. The molecule has 0 spiro atoms. The molecule has 6 rings (SSSR count). The Bertz CT molecular complexity index is 2310. The van der Waals surface area contributed by atoms with E-state index in [1.807, 2.05) is 60.7 Å². The van der Waals surface area contributed by atoms with Crippen molar-refractivity contribution in [3.05, 3.63) is 149 Å². The molecule has 1 N–H and O–H groups in total. The van der Waals surface area contributed by atoms with Crippen molar-refractivity contribution in [3.8, 4) is 11.8 Å². The fourth-order valence-corrected chi connectivity index (χ4v) is 7.69. The van der Waals surface area contributed by atoms with Gasteiger partial charge in [-0.25, -0.2) is 18.8 Å². The first-order valence-electron chi connectivity index (χ1n) is 15.1. The second-order valence-electron chi connectivity index (χ2n) is 11.1. The number of thiazole rings is 1. The van der Waals surface area contributed by atoms with E-state index in [0.717, 1.165) is 22.9 Å². The van der Waals surface area contributed by atoms with Crippen LogP contribution in [0.5, 0.6) is 5.75 Å². The fraction of sp³-hybridized carbons (Fsp3) is 0.162. The van der Waals surface area contributed by atoms with Gasteiger partial charge in [0.1, 0.15) is 22.5 Å². The van der Waals surface area contributed by atoms with Crippen LogP contribution in [0.15, 0.2) is 111 Å². The van der Waals surface area contributed by atoms with Crippen molar-refractivity contribution in [2.45, 2.75) is 37.1 Å². The molecule has 1 aliphatic rings. The number of hydrogen-bond donors (Lipinski definition) is 1. The summed E-state index contributed by atoms with van der Waals surface area (Å²) >= 11 is 2.38. The van der Waals surface area contributed by atoms with Crippen LogP contribution in [0.3, 0.4) is 0 Å². The fourth-order valence-electron chi connectivity index (χ4n) is 5.60. The number of alkyl halides is 2. The number of nitrogens with zero attached hydrogens (tertiary/aromatic N) is 4. The van der Waals surface area contributed by atoms with E-state index in [1.165, 1.54) is 24.5 Å². The highest BCUT2D eigenvalue weighted by atomic mass is 32.2. The maximum Gasteiger partial charge on any atom is 0.280 e. The normalized spacial score (nSPS) is 14.3. The van der Waals surface area contributed by atoms with E-state index in [2.05, 4.69) is 16.4 Å². The molecule has 49 heavy (non-hydrogen) atoms. The predicted octanol–water partition coefficient (Wildman–Crippen LogP) is 6.69. The van der Waals surface area contributed by atoms with Crippen molar-refractivity contribution in [2.75, 3.05) is 12.4 Å². The molecule has 0 aliphatic carbocycles. The highest BCUT2D eigenvalue weighted by Crippen LogP contribution is 2.33. The summed E-state index contributed by atoms with van der Waals surface area (Å²) in [6, 6.07) is 26.5. The SMILES string of the molecule is COc1ccc(C=c2sc3n(c2=O)[C@@H](c2ccccc2)C(C(=O)Nc2ccccc2)=C(C)N=3)cc1CSc1nc(C(F)F)cc(C)c1C#N. The number of thioether (sulfide) groups is 1. The van der Waals surface area contributed by atoms with Crippen LogP contribution >= 0.6 is 23.1 Å². The van der Waals surface area contributed by atoms with Crippen LogP contribution in [-0.2, 0) is 10.5 Å². The van der Waals surface area contributed by atoms with Crippen LogP contribution in [0.2, 0.25) is 0 Å². The van der Waals surface area contributed by atoms with Gasteiger partial charge in [0.25, 0.3) is 17.9 Å². The van der Waals surface area contributed by atoms with E-state index in [9.17, 15) is 23.6 Å². The second kappa shape index (κ2) is 14.4. The molecule has 0 unspecified atom stereocenters. The maximum absolute atomic E-state index is 14.1. The zero-order valence-corrected chi connectivity index (χ0v) is 28.2. The monoisotopic (exact) mass is 693 g/mol. The molecule has 0 bridgehead atoms. The summed E-state index contributed by atoms with van der Waals surface area (Å²) in [5.41, 5.74) is 3.67. The minimum absolute atomic E-state index is 0.210. The third-order valence-electron chi connectivity index (χ3n) is 7.92. The summed E-state index contributed by atoms with van der Waals surface area (Å²) < 4.78 is 34.5. The van der Waals surface area contributed by atoms with E-state index >= 15 is 0 Å². The third-order valence-corrected chi connectivity index (χ3v) is 9.93. The van der Waals surface area contributed by atoms with Gasteiger partial charge in [-0.1, -0.05) is 65.9 Å². The van der Waals surface area contributed by atoms with Gasteiger partial charge in [0.15, 0.2) is 4.80 Å². The molecule has 0 radical (unpaired) electrons. The van der Waals surface area contributed by atoms with Crippen molar-refractivity contribution >= 4 is 40.8 Å². The van der Waals surface area contributed by atoms with E-state index in [4.69, 9.17) is 9.73 Å². The number of amides is 1. The molecule has 8 nitrogen and oxygen atoms in total. The number of anilines is 1. The second-order valence-corrected chi connectivity index (χ2v) is 13.1. The Labute approximate surface area is 288 Å². The smallest absolute Gasteiger partial charge is 0.280 e. The number of fused-ring (bicyclic) bond motifs is 1. The Morgan fingerprint density at radius 2 is 1.82 bits per heavy atom. The molecule has 1 aliphatic heterocycles. The van der Waals surface area contributed by atoms with Crippen LogP contribution in [0.1, 0.15) is 52.9 Å². The lowest BCUT2D eigenvalue weighted by Gasteiger charge is -2.25. The molecular weight excluding hydrogens is 665 g/mol. The number of carbonyl (C=O) groups is 1. The number of halogens is 2. The molecule has 1 amide bonds. The molecule has 0 saturated heterocycles. The Hall–Kier alpha value is -5.38. The van der Waals surface area contributed by atoms with Gasteiger partial charge in [0.2, 0.25) is 0 Å². The number of allylic oxidation sites excluding steroid dienone is 1. The van der Waals surface area contributed by atoms with Crippen molar-refractivity contribution in [1.29, 1.82) is 5.26 Å². The van der Waals surface area contributed by atoms with Crippen LogP contribution < -0.4 is 24.9 Å². The number of rotatable bonds is 9. The van der Waals surface area contributed by atoms with Crippen LogP contribution in [-0.4, -0.2) is 22.6 Å². The van der Waals surface area contributed by atoms with Gasteiger partial charge in [0, 0.05) is 17.0 Å². The zero-order valence-electron chi connectivity index (χ0n) is 26.6. The van der Waals surface area contributed by atoms with Crippen molar-refractivity contribution < 1.29 is 18.3 Å². The molecule has 3 aromatic carbocycles. The number of aromatic nitrogens is 2. The lowest BCUT2D eigenvalue weighted by molar-refractivity contribution is -0.113. The standard InChI is InChI=1S/C37H29F2N5O3S2/c1-21-16-28(33(38)39)43-35(27(21)19-40)48-20-25-17-23(14-15-29(25)47-3)18-30-36(46)44-32(24-10-6-4-7-11-24)31(22(2)41-37(44)49-30)34(45)42-26-12-8-5-9-13-26/h4-18,32-33H,20H2,1-3H3,(H,42,45)/t32-/m0/s1. The predicted molar refractivity (Wildman–Crippen MR) is 186 cm³/mol. The first-order valence-corrected chi connectivity index (χ1v) is 16.9. The summed E-state index contributed by atoms with van der Waals surface area (Å²) in [6.45, 7) is 3.38. The summed E-state index contributed by atoms with van der Waals surface area (Å²) in [5, 5.41) is 12.8. The molecule has 2 aromatic heterocycles.